The van der Waals surface area contributed by atoms with Gasteiger partial charge in [0.05, 0.1) is 6.07 Å². The normalized spacial score (nSPS) is 1.60. The Hall–Kier alpha value is 0.529. The molecule has 0 saturated carbocycles. The van der Waals surface area contributed by atoms with Crippen LogP contribution in [-0.2, 0) is 34.1 Å². The third kappa shape index (κ3) is 104. The molecule has 0 fully saturated rings. The van der Waals surface area contributed by atoms with Gasteiger partial charge in [-0.25, -0.2) is 0 Å². The molecule has 0 spiro atoms. The summed E-state index contributed by atoms with van der Waals surface area (Å²) in [6.45, 7) is 1.43. The van der Waals surface area contributed by atoms with Crippen molar-refractivity contribution in [1.29, 1.82) is 5.26 Å². The summed E-state index contributed by atoms with van der Waals surface area (Å²) < 4.78 is 0. The second kappa shape index (κ2) is 24.1. The van der Waals surface area contributed by atoms with E-state index in [4.69, 9.17) is 5.26 Å². The maximum atomic E-state index is 7.32. The van der Waals surface area contributed by atoms with Gasteiger partial charge >= 0.3 is 0 Å². The van der Waals surface area contributed by atoms with Crippen LogP contribution in [0.3, 0.4) is 0 Å². The van der Waals surface area contributed by atoms with Gasteiger partial charge in [-0.2, -0.15) is 5.26 Å². The quantitative estimate of drug-likeness (QED) is 0.465. The molecule has 0 unspecified atom stereocenters. The Morgan fingerprint density at radius 3 is 1.40 bits per heavy atom. The SMILES string of the molecule is CC#N.[Fe].[Fe]. The van der Waals surface area contributed by atoms with Crippen LogP contribution in [-0.4, -0.2) is 0 Å². The van der Waals surface area contributed by atoms with Gasteiger partial charge in [0, 0.05) is 41.1 Å². The molecule has 0 heterocycles. The zero-order valence-corrected chi connectivity index (χ0v) is 4.86. The van der Waals surface area contributed by atoms with Crippen molar-refractivity contribution in [3.63, 3.8) is 0 Å². The molecule has 0 bridgehead atoms. The molecule has 0 radical (unpaired) electrons. The van der Waals surface area contributed by atoms with Gasteiger partial charge < -0.3 is 0 Å². The van der Waals surface area contributed by atoms with Crippen LogP contribution in [0.5, 0.6) is 0 Å². The Balaban J connectivity index is -0.0000000200. The van der Waals surface area contributed by atoms with E-state index >= 15 is 0 Å². The summed E-state index contributed by atoms with van der Waals surface area (Å²) in [7, 11) is 0. The van der Waals surface area contributed by atoms with Crippen LogP contribution in [0.1, 0.15) is 6.92 Å². The molecule has 0 aliphatic heterocycles. The fourth-order valence-corrected chi connectivity index (χ4v) is 0. The van der Waals surface area contributed by atoms with Gasteiger partial charge in [0.2, 0.25) is 0 Å². The van der Waals surface area contributed by atoms with Gasteiger partial charge in [-0.1, -0.05) is 0 Å². The molecule has 0 aromatic carbocycles. The average molecular weight is 153 g/mol. The van der Waals surface area contributed by atoms with Crippen molar-refractivity contribution in [2.24, 2.45) is 0 Å². The summed E-state index contributed by atoms with van der Waals surface area (Å²) in [6, 6.07) is 1.75. The molecule has 0 aromatic rings. The van der Waals surface area contributed by atoms with Gasteiger partial charge in [0.15, 0.2) is 0 Å². The summed E-state index contributed by atoms with van der Waals surface area (Å²) in [5.41, 5.74) is 0. The predicted molar refractivity (Wildman–Crippen MR) is 11.3 cm³/mol. The molecule has 3 heteroatoms. The molecule has 0 atom stereocenters. The van der Waals surface area contributed by atoms with Crippen molar-refractivity contribution in [3.05, 3.63) is 0 Å². The van der Waals surface area contributed by atoms with Crippen LogP contribution in [0, 0.1) is 11.3 Å². The first-order valence-electron chi connectivity index (χ1n) is 0.724. The number of hydrogen-bond donors (Lipinski definition) is 0. The minimum Gasteiger partial charge on any atom is -0.199 e. The van der Waals surface area contributed by atoms with Gasteiger partial charge in [-0.15, -0.1) is 0 Å². The fourth-order valence-electron chi connectivity index (χ4n) is 0. The summed E-state index contributed by atoms with van der Waals surface area (Å²) in [6.07, 6.45) is 0. The van der Waals surface area contributed by atoms with Crippen LogP contribution in [0.2, 0.25) is 0 Å². The molecule has 0 saturated heterocycles. The summed E-state index contributed by atoms with van der Waals surface area (Å²) in [5.74, 6) is 0. The molecule has 0 amide bonds. The van der Waals surface area contributed by atoms with Crippen LogP contribution in [0.25, 0.3) is 0 Å². The Bertz CT molecular complexity index is 29.1. The summed E-state index contributed by atoms with van der Waals surface area (Å²) >= 11 is 0. The van der Waals surface area contributed by atoms with Crippen molar-refractivity contribution in [2.75, 3.05) is 0 Å². The van der Waals surface area contributed by atoms with Crippen molar-refractivity contribution in [3.8, 4) is 6.07 Å². The summed E-state index contributed by atoms with van der Waals surface area (Å²) in [4.78, 5) is 0. The second-order valence-corrected chi connectivity index (χ2v) is 0.224. The van der Waals surface area contributed by atoms with Crippen LogP contribution < -0.4 is 0 Å². The van der Waals surface area contributed by atoms with Gasteiger partial charge in [0.25, 0.3) is 0 Å². The molecule has 0 aliphatic carbocycles. The number of hydrogen-bond acceptors (Lipinski definition) is 1. The van der Waals surface area contributed by atoms with Gasteiger partial charge in [0.1, 0.15) is 0 Å². The van der Waals surface area contributed by atoms with Crippen molar-refractivity contribution in [2.45, 2.75) is 6.92 Å². The molecule has 0 N–H and O–H groups in total. The molecule has 0 aliphatic rings. The smallest absolute Gasteiger partial charge is 0.0587 e. The molecule has 1 nitrogen and oxygen atoms in total. The third-order valence-electron chi connectivity index (χ3n) is 0. The largest absolute Gasteiger partial charge is 0.199 e. The van der Waals surface area contributed by atoms with E-state index in [0.717, 1.165) is 0 Å². The van der Waals surface area contributed by atoms with E-state index in [1.807, 2.05) is 0 Å². The van der Waals surface area contributed by atoms with E-state index in [0.29, 0.717) is 0 Å². The molecule has 0 rings (SSSR count). The Morgan fingerprint density at radius 2 is 1.40 bits per heavy atom. The maximum Gasteiger partial charge on any atom is 0.0587 e. The minimum absolute atomic E-state index is 0. The molecule has 32 valence electrons. The van der Waals surface area contributed by atoms with Gasteiger partial charge in [-0.05, 0) is 0 Å². The maximum absolute atomic E-state index is 7.32. The second-order valence-electron chi connectivity index (χ2n) is 0.224. The molecular weight excluding hydrogens is 150 g/mol. The van der Waals surface area contributed by atoms with E-state index in [1.54, 1.807) is 6.07 Å². The van der Waals surface area contributed by atoms with Crippen LogP contribution in [0.4, 0.5) is 0 Å². The van der Waals surface area contributed by atoms with E-state index in [-0.39, 0.29) is 34.1 Å². The topological polar surface area (TPSA) is 23.8 Å². The zero-order valence-electron chi connectivity index (χ0n) is 2.65. The van der Waals surface area contributed by atoms with Crippen molar-refractivity contribution in [1.82, 2.24) is 0 Å². The number of nitrogens with zero attached hydrogens (tertiary/aromatic N) is 1. The van der Waals surface area contributed by atoms with Crippen molar-refractivity contribution >= 4 is 0 Å². The van der Waals surface area contributed by atoms with E-state index in [1.165, 1.54) is 6.92 Å². The molecular formula is C2H3Fe2N. The Labute approximate surface area is 52.7 Å². The van der Waals surface area contributed by atoms with Crippen LogP contribution in [0.15, 0.2) is 0 Å². The van der Waals surface area contributed by atoms with E-state index in [9.17, 15) is 0 Å². The van der Waals surface area contributed by atoms with E-state index < -0.39 is 0 Å². The Morgan fingerprint density at radius 1 is 1.40 bits per heavy atom. The zero-order chi connectivity index (χ0) is 2.71. The molecule has 5 heavy (non-hydrogen) atoms. The summed E-state index contributed by atoms with van der Waals surface area (Å²) in [5, 5.41) is 7.32. The monoisotopic (exact) mass is 153 g/mol. The fraction of sp³-hybridized carbons (Fsp3) is 0.500. The minimum atomic E-state index is 0. The van der Waals surface area contributed by atoms with E-state index in [2.05, 4.69) is 0 Å². The number of nitriles is 1. The third-order valence-corrected chi connectivity index (χ3v) is 0. The first-order valence-corrected chi connectivity index (χ1v) is 0.724. The predicted octanol–water partition coefficient (Wildman–Crippen LogP) is 0.525. The average Bonchev–Trinajstić information content (AvgIpc) is 0.918. The number of rotatable bonds is 0. The molecule has 0 aromatic heterocycles. The Kier molecular flexibility index (Phi) is 85.6. The van der Waals surface area contributed by atoms with Crippen molar-refractivity contribution < 1.29 is 34.1 Å². The van der Waals surface area contributed by atoms with Gasteiger partial charge in [-0.3, -0.25) is 0 Å². The standard InChI is InChI=1S/C2H3N.2Fe/c1-2-3;;/h1H3;;. The first-order chi connectivity index (χ1) is 1.41. The van der Waals surface area contributed by atoms with Crippen LogP contribution >= 0.6 is 0 Å². The first kappa shape index (κ1) is 17.7.